The summed E-state index contributed by atoms with van der Waals surface area (Å²) in [6.45, 7) is 1.27. The lowest BCUT2D eigenvalue weighted by Gasteiger charge is -2.22. The fourth-order valence-electron chi connectivity index (χ4n) is 1.38. The maximum atomic E-state index is 12.7. The highest BCUT2D eigenvalue weighted by Gasteiger charge is 2.23. The molecule has 0 aromatic rings. The van der Waals surface area contributed by atoms with E-state index in [1.165, 1.54) is 0 Å². The van der Waals surface area contributed by atoms with Crippen molar-refractivity contribution in [3.63, 3.8) is 0 Å². The van der Waals surface area contributed by atoms with Gasteiger partial charge in [0.25, 0.3) is 0 Å². The topological polar surface area (TPSA) is 46.5 Å². The Balaban J connectivity index is 2.24. The Morgan fingerprint density at radius 2 is 2.17 bits per heavy atom. The van der Waals surface area contributed by atoms with E-state index in [9.17, 15) is 9.18 Å². The van der Waals surface area contributed by atoms with Gasteiger partial charge in [0.2, 0.25) is 0 Å². The summed E-state index contributed by atoms with van der Waals surface area (Å²) < 4.78 is 17.7. The molecule has 1 N–H and O–H groups in total. The van der Waals surface area contributed by atoms with Crippen molar-refractivity contribution in [1.82, 2.24) is 0 Å². The monoisotopic (exact) mass is 176 g/mol. The van der Waals surface area contributed by atoms with Gasteiger partial charge >= 0.3 is 5.97 Å². The van der Waals surface area contributed by atoms with Crippen molar-refractivity contribution in [3.8, 4) is 0 Å². The van der Waals surface area contributed by atoms with Gasteiger partial charge in [0, 0.05) is 13.2 Å². The summed E-state index contributed by atoms with van der Waals surface area (Å²) >= 11 is 0. The van der Waals surface area contributed by atoms with Crippen molar-refractivity contribution in [3.05, 3.63) is 0 Å². The largest absolute Gasteiger partial charge is 0.479 e. The Morgan fingerprint density at radius 1 is 1.58 bits per heavy atom. The fourth-order valence-corrected chi connectivity index (χ4v) is 1.38. The van der Waals surface area contributed by atoms with E-state index in [-0.39, 0.29) is 12.3 Å². The Kier molecular flexibility index (Phi) is 3.47. The summed E-state index contributed by atoms with van der Waals surface area (Å²) in [4.78, 5) is 10.2. The van der Waals surface area contributed by atoms with Gasteiger partial charge in [0.1, 0.15) is 0 Å². The first-order valence-electron chi connectivity index (χ1n) is 4.14. The molecule has 1 aliphatic heterocycles. The Bertz CT molecular complexity index is 154. The molecule has 0 unspecified atom stereocenters. The average molecular weight is 176 g/mol. The lowest BCUT2D eigenvalue weighted by molar-refractivity contribution is -0.143. The van der Waals surface area contributed by atoms with Crippen molar-refractivity contribution in [2.75, 3.05) is 13.2 Å². The number of carboxylic acid groups (broad SMARTS) is 1. The van der Waals surface area contributed by atoms with Crippen molar-refractivity contribution < 1.29 is 19.0 Å². The van der Waals surface area contributed by atoms with E-state index in [0.29, 0.717) is 13.2 Å². The van der Waals surface area contributed by atoms with Gasteiger partial charge in [-0.2, -0.15) is 0 Å². The molecule has 1 saturated heterocycles. The van der Waals surface area contributed by atoms with Crippen molar-refractivity contribution in [1.29, 1.82) is 0 Å². The first kappa shape index (κ1) is 9.45. The van der Waals surface area contributed by atoms with Crippen LogP contribution < -0.4 is 0 Å². The normalized spacial score (nSPS) is 22.1. The maximum absolute atomic E-state index is 12.7. The van der Waals surface area contributed by atoms with E-state index >= 15 is 0 Å². The van der Waals surface area contributed by atoms with Crippen LogP contribution in [-0.4, -0.2) is 30.5 Å². The van der Waals surface area contributed by atoms with E-state index in [1.54, 1.807) is 0 Å². The Morgan fingerprint density at radius 3 is 2.67 bits per heavy atom. The van der Waals surface area contributed by atoms with Gasteiger partial charge in [-0.15, -0.1) is 0 Å². The molecule has 0 saturated carbocycles. The van der Waals surface area contributed by atoms with E-state index in [2.05, 4.69) is 0 Å². The molecule has 0 aromatic heterocycles. The van der Waals surface area contributed by atoms with Gasteiger partial charge in [-0.25, -0.2) is 9.18 Å². The lowest BCUT2D eigenvalue weighted by Crippen LogP contribution is -2.23. The second-order valence-electron chi connectivity index (χ2n) is 3.10. The zero-order chi connectivity index (χ0) is 8.97. The van der Waals surface area contributed by atoms with E-state index in [1.807, 2.05) is 0 Å². The second kappa shape index (κ2) is 4.40. The molecule has 0 aliphatic carbocycles. The summed E-state index contributed by atoms with van der Waals surface area (Å²) in [6, 6.07) is 0. The van der Waals surface area contributed by atoms with Gasteiger partial charge in [0.15, 0.2) is 6.17 Å². The summed E-state index contributed by atoms with van der Waals surface area (Å²) in [7, 11) is 0. The highest BCUT2D eigenvalue weighted by molar-refractivity contribution is 5.71. The minimum atomic E-state index is -1.70. The minimum Gasteiger partial charge on any atom is -0.479 e. The molecule has 1 fully saturated rings. The number of ether oxygens (including phenoxy) is 1. The van der Waals surface area contributed by atoms with Crippen molar-refractivity contribution in [2.45, 2.75) is 25.4 Å². The lowest BCUT2D eigenvalue weighted by atomic mass is 9.94. The molecule has 0 radical (unpaired) electrons. The summed E-state index contributed by atoms with van der Waals surface area (Å²) in [5.74, 6) is -1.16. The van der Waals surface area contributed by atoms with Gasteiger partial charge in [-0.3, -0.25) is 0 Å². The predicted molar refractivity (Wildman–Crippen MR) is 40.7 cm³/mol. The highest BCUT2D eigenvalue weighted by atomic mass is 19.1. The second-order valence-corrected chi connectivity index (χ2v) is 3.10. The van der Waals surface area contributed by atoms with E-state index in [0.717, 1.165) is 12.8 Å². The van der Waals surface area contributed by atoms with Crippen molar-refractivity contribution >= 4 is 5.97 Å². The van der Waals surface area contributed by atoms with Gasteiger partial charge < -0.3 is 9.84 Å². The van der Waals surface area contributed by atoms with Crippen LogP contribution in [0.2, 0.25) is 0 Å². The smallest absolute Gasteiger partial charge is 0.338 e. The van der Waals surface area contributed by atoms with Crippen LogP contribution in [0.5, 0.6) is 0 Å². The molecule has 0 bridgehead atoms. The first-order valence-corrected chi connectivity index (χ1v) is 4.14. The van der Waals surface area contributed by atoms with Crippen LogP contribution in [-0.2, 0) is 9.53 Å². The quantitative estimate of drug-likeness (QED) is 0.703. The van der Waals surface area contributed by atoms with Crippen LogP contribution in [0.3, 0.4) is 0 Å². The molecule has 1 atom stereocenters. The number of hydrogen-bond acceptors (Lipinski definition) is 2. The molecule has 3 nitrogen and oxygen atoms in total. The van der Waals surface area contributed by atoms with Gasteiger partial charge in [-0.1, -0.05) is 0 Å². The first-order chi connectivity index (χ1) is 5.70. The SMILES string of the molecule is O=C(O)[C@H](F)CC1CCOCC1. The third-order valence-corrected chi connectivity index (χ3v) is 2.15. The van der Waals surface area contributed by atoms with Crippen LogP contribution in [0.4, 0.5) is 4.39 Å². The molecular weight excluding hydrogens is 163 g/mol. The van der Waals surface area contributed by atoms with Crippen LogP contribution in [0.1, 0.15) is 19.3 Å². The number of halogens is 1. The zero-order valence-corrected chi connectivity index (χ0v) is 6.83. The number of rotatable bonds is 3. The molecule has 12 heavy (non-hydrogen) atoms. The summed E-state index contributed by atoms with van der Waals surface area (Å²) in [5.41, 5.74) is 0. The van der Waals surface area contributed by atoms with Crippen LogP contribution in [0.25, 0.3) is 0 Å². The molecule has 70 valence electrons. The van der Waals surface area contributed by atoms with Crippen LogP contribution in [0, 0.1) is 5.92 Å². The van der Waals surface area contributed by atoms with Crippen LogP contribution in [0.15, 0.2) is 0 Å². The number of carbonyl (C=O) groups is 1. The standard InChI is InChI=1S/C8H13FO3/c9-7(8(10)11)5-6-1-3-12-4-2-6/h6-7H,1-5H2,(H,10,11)/t7-/m1/s1. The third-order valence-electron chi connectivity index (χ3n) is 2.15. The molecule has 0 spiro atoms. The maximum Gasteiger partial charge on any atom is 0.338 e. The molecular formula is C8H13FO3. The molecule has 0 aromatic carbocycles. The Hall–Kier alpha value is -0.640. The Labute approximate surface area is 70.5 Å². The molecule has 0 amide bonds. The third kappa shape index (κ3) is 2.77. The van der Waals surface area contributed by atoms with E-state index < -0.39 is 12.1 Å². The van der Waals surface area contributed by atoms with Gasteiger partial charge in [-0.05, 0) is 25.2 Å². The zero-order valence-electron chi connectivity index (χ0n) is 6.83. The summed E-state index contributed by atoms with van der Waals surface area (Å²) in [5, 5.41) is 8.31. The predicted octanol–water partition coefficient (Wildman–Crippen LogP) is 1.23. The molecule has 1 aliphatic rings. The van der Waals surface area contributed by atoms with Gasteiger partial charge in [0.05, 0.1) is 0 Å². The van der Waals surface area contributed by atoms with E-state index in [4.69, 9.17) is 9.84 Å². The summed E-state index contributed by atoms with van der Waals surface area (Å²) in [6.07, 6.45) is 0.00759. The number of alkyl halides is 1. The average Bonchev–Trinajstić information content (AvgIpc) is 2.06. The number of hydrogen-bond donors (Lipinski definition) is 1. The molecule has 1 heterocycles. The number of aliphatic carboxylic acids is 1. The van der Waals surface area contributed by atoms with Crippen LogP contribution >= 0.6 is 0 Å². The number of carboxylic acids is 1. The highest BCUT2D eigenvalue weighted by Crippen LogP contribution is 2.21. The van der Waals surface area contributed by atoms with Crippen molar-refractivity contribution in [2.24, 2.45) is 5.92 Å². The minimum absolute atomic E-state index is 0.138. The molecule has 1 rings (SSSR count). The molecule has 4 heteroatoms. The fraction of sp³-hybridized carbons (Fsp3) is 0.875.